The van der Waals surface area contributed by atoms with Gasteiger partial charge in [-0.05, 0) is 18.1 Å². The summed E-state index contributed by atoms with van der Waals surface area (Å²) in [5, 5.41) is 13.0. The van der Waals surface area contributed by atoms with E-state index in [9.17, 15) is 4.79 Å². The number of hydrogen-bond donors (Lipinski definition) is 2. The third-order valence-corrected chi connectivity index (χ3v) is 5.70. The number of carboxylic acid groups (broad SMARTS) is 1. The molecule has 1 fully saturated rings. The number of rotatable bonds is 3. The summed E-state index contributed by atoms with van der Waals surface area (Å²) in [6.07, 6.45) is 1.87. The molecule has 2 N–H and O–H groups in total. The molecule has 6 heteroatoms. The highest BCUT2D eigenvalue weighted by Crippen LogP contribution is 2.38. The van der Waals surface area contributed by atoms with Gasteiger partial charge in [0.15, 0.2) is 0 Å². The minimum atomic E-state index is -0.796. The number of carboxylic acids is 1. The highest BCUT2D eigenvalue weighted by atomic mass is 32.2. The monoisotopic (exact) mass is 306 g/mol. The Balaban J connectivity index is 1.81. The summed E-state index contributed by atoms with van der Waals surface area (Å²) in [5.74, 6) is -0.213. The standard InChI is InChI=1S/C14H14N2O2S2/c1-8-4-2-3-5-9(8)11-6-15-12(20-11)13-16-10(7-19-13)14(17)18/h2-6,10,13,16H,7H2,1H3,(H,17,18). The van der Waals surface area contributed by atoms with E-state index in [1.807, 2.05) is 18.3 Å². The minimum Gasteiger partial charge on any atom is -0.480 e. The number of thiazole rings is 1. The van der Waals surface area contributed by atoms with Gasteiger partial charge in [0.25, 0.3) is 0 Å². The normalized spacial score (nSPS) is 22.1. The lowest BCUT2D eigenvalue weighted by Gasteiger charge is -2.07. The van der Waals surface area contributed by atoms with Crippen molar-refractivity contribution in [1.82, 2.24) is 10.3 Å². The predicted octanol–water partition coefficient (Wildman–Crippen LogP) is 2.91. The van der Waals surface area contributed by atoms with Crippen LogP contribution in [0.2, 0.25) is 0 Å². The fraction of sp³-hybridized carbons (Fsp3) is 0.286. The van der Waals surface area contributed by atoms with Gasteiger partial charge < -0.3 is 5.11 Å². The van der Waals surface area contributed by atoms with Crippen LogP contribution in [0.4, 0.5) is 0 Å². The minimum absolute atomic E-state index is 0.0149. The maximum absolute atomic E-state index is 11.0. The van der Waals surface area contributed by atoms with Crippen molar-refractivity contribution in [2.75, 3.05) is 5.75 Å². The van der Waals surface area contributed by atoms with Gasteiger partial charge in [-0.2, -0.15) is 0 Å². The lowest BCUT2D eigenvalue weighted by molar-refractivity contribution is -0.138. The quantitative estimate of drug-likeness (QED) is 0.913. The molecule has 0 radical (unpaired) electrons. The molecule has 1 aliphatic rings. The molecule has 0 amide bonds. The molecule has 2 atom stereocenters. The smallest absolute Gasteiger partial charge is 0.321 e. The van der Waals surface area contributed by atoms with E-state index in [0.717, 1.165) is 9.88 Å². The zero-order valence-electron chi connectivity index (χ0n) is 10.9. The van der Waals surface area contributed by atoms with Crippen molar-refractivity contribution in [3.05, 3.63) is 41.0 Å². The first-order valence-corrected chi connectivity index (χ1v) is 8.14. The summed E-state index contributed by atoms with van der Waals surface area (Å²) in [7, 11) is 0. The summed E-state index contributed by atoms with van der Waals surface area (Å²) in [6, 6.07) is 7.73. The third-order valence-electron chi connectivity index (χ3n) is 3.24. The third kappa shape index (κ3) is 2.59. The molecule has 1 aromatic heterocycles. The van der Waals surface area contributed by atoms with Crippen LogP contribution in [0.15, 0.2) is 30.5 Å². The largest absolute Gasteiger partial charge is 0.480 e. The SMILES string of the molecule is Cc1ccccc1-c1cnc(C2NC(C(=O)O)CS2)s1. The maximum Gasteiger partial charge on any atom is 0.321 e. The Hall–Kier alpha value is -1.37. The molecule has 104 valence electrons. The van der Waals surface area contributed by atoms with Gasteiger partial charge in [0, 0.05) is 11.9 Å². The molecule has 4 nitrogen and oxygen atoms in total. The molecule has 1 aliphatic heterocycles. The van der Waals surface area contributed by atoms with E-state index in [1.54, 1.807) is 23.1 Å². The van der Waals surface area contributed by atoms with Crippen LogP contribution in [0.3, 0.4) is 0 Å². The van der Waals surface area contributed by atoms with E-state index < -0.39 is 12.0 Å². The van der Waals surface area contributed by atoms with Crippen molar-refractivity contribution in [3.63, 3.8) is 0 Å². The second-order valence-electron chi connectivity index (χ2n) is 4.65. The van der Waals surface area contributed by atoms with Crippen LogP contribution in [0.25, 0.3) is 10.4 Å². The van der Waals surface area contributed by atoms with E-state index in [0.29, 0.717) is 5.75 Å². The average molecular weight is 306 g/mol. The Kier molecular flexibility index (Phi) is 3.78. The maximum atomic E-state index is 11.0. The Bertz CT molecular complexity index is 642. The molecule has 0 bridgehead atoms. The van der Waals surface area contributed by atoms with Crippen LogP contribution in [0, 0.1) is 6.92 Å². The van der Waals surface area contributed by atoms with Crippen LogP contribution in [-0.2, 0) is 4.79 Å². The summed E-state index contributed by atoms with van der Waals surface area (Å²) >= 11 is 3.22. The summed E-state index contributed by atoms with van der Waals surface area (Å²) in [5.41, 5.74) is 2.41. The molecule has 0 spiro atoms. The molecule has 2 unspecified atom stereocenters. The highest BCUT2D eigenvalue weighted by Gasteiger charge is 2.32. The molecule has 3 rings (SSSR count). The lowest BCUT2D eigenvalue weighted by Crippen LogP contribution is -2.33. The van der Waals surface area contributed by atoms with Crippen molar-refractivity contribution >= 4 is 29.1 Å². The molecule has 0 aliphatic carbocycles. The van der Waals surface area contributed by atoms with Gasteiger partial charge in [-0.25, -0.2) is 4.98 Å². The molecule has 2 aromatic rings. The Morgan fingerprint density at radius 2 is 2.25 bits per heavy atom. The Morgan fingerprint density at radius 1 is 1.45 bits per heavy atom. The number of nitrogens with one attached hydrogen (secondary N) is 1. The number of benzene rings is 1. The van der Waals surface area contributed by atoms with Gasteiger partial charge in [0.2, 0.25) is 0 Å². The molecule has 2 heterocycles. The fourth-order valence-electron chi connectivity index (χ4n) is 2.14. The molecule has 1 aromatic carbocycles. The summed E-state index contributed by atoms with van der Waals surface area (Å²) in [6.45, 7) is 2.08. The topological polar surface area (TPSA) is 62.2 Å². The number of aryl methyl sites for hydroxylation is 1. The van der Waals surface area contributed by atoms with Crippen molar-refractivity contribution in [3.8, 4) is 10.4 Å². The van der Waals surface area contributed by atoms with Gasteiger partial charge in [0.05, 0.1) is 4.88 Å². The average Bonchev–Trinajstić information content (AvgIpc) is 3.08. The first-order chi connectivity index (χ1) is 9.65. The van der Waals surface area contributed by atoms with Crippen molar-refractivity contribution in [2.45, 2.75) is 18.3 Å². The molecular weight excluding hydrogens is 292 g/mol. The van der Waals surface area contributed by atoms with Gasteiger partial charge in [-0.1, -0.05) is 24.3 Å². The first-order valence-electron chi connectivity index (χ1n) is 6.27. The lowest BCUT2D eigenvalue weighted by atomic mass is 10.1. The van der Waals surface area contributed by atoms with E-state index in [2.05, 4.69) is 29.4 Å². The van der Waals surface area contributed by atoms with Crippen LogP contribution in [0.1, 0.15) is 15.9 Å². The Morgan fingerprint density at radius 3 is 2.95 bits per heavy atom. The van der Waals surface area contributed by atoms with Crippen molar-refractivity contribution in [2.24, 2.45) is 0 Å². The second kappa shape index (κ2) is 5.55. The number of aromatic nitrogens is 1. The van der Waals surface area contributed by atoms with E-state index in [-0.39, 0.29) is 5.37 Å². The van der Waals surface area contributed by atoms with Crippen LogP contribution < -0.4 is 5.32 Å². The molecular formula is C14H14N2O2S2. The predicted molar refractivity (Wildman–Crippen MR) is 82.0 cm³/mol. The van der Waals surface area contributed by atoms with E-state index >= 15 is 0 Å². The zero-order chi connectivity index (χ0) is 14.1. The molecule has 20 heavy (non-hydrogen) atoms. The highest BCUT2D eigenvalue weighted by molar-refractivity contribution is 7.99. The van der Waals surface area contributed by atoms with Gasteiger partial charge in [-0.3, -0.25) is 10.1 Å². The van der Waals surface area contributed by atoms with Gasteiger partial charge >= 0.3 is 5.97 Å². The number of carbonyl (C=O) groups is 1. The van der Waals surface area contributed by atoms with Crippen molar-refractivity contribution in [1.29, 1.82) is 0 Å². The van der Waals surface area contributed by atoms with Gasteiger partial charge in [-0.15, -0.1) is 23.1 Å². The number of nitrogens with zero attached hydrogens (tertiary/aromatic N) is 1. The van der Waals surface area contributed by atoms with Crippen molar-refractivity contribution < 1.29 is 9.90 Å². The summed E-state index contributed by atoms with van der Waals surface area (Å²) < 4.78 is 0. The Labute approximate surface area is 125 Å². The number of hydrogen-bond acceptors (Lipinski definition) is 5. The number of aliphatic carboxylic acids is 1. The number of thioether (sulfide) groups is 1. The fourth-order valence-corrected chi connectivity index (χ4v) is 4.53. The molecule has 0 saturated carbocycles. The van der Waals surface area contributed by atoms with Crippen LogP contribution >= 0.6 is 23.1 Å². The van der Waals surface area contributed by atoms with Crippen LogP contribution in [-0.4, -0.2) is 27.9 Å². The van der Waals surface area contributed by atoms with E-state index in [4.69, 9.17) is 5.11 Å². The van der Waals surface area contributed by atoms with E-state index in [1.165, 1.54) is 11.1 Å². The summed E-state index contributed by atoms with van der Waals surface area (Å²) in [4.78, 5) is 16.5. The van der Waals surface area contributed by atoms with Crippen LogP contribution in [0.5, 0.6) is 0 Å². The first kappa shape index (κ1) is 13.6. The second-order valence-corrected chi connectivity index (χ2v) is 6.85. The zero-order valence-corrected chi connectivity index (χ0v) is 12.5. The molecule has 1 saturated heterocycles. The van der Waals surface area contributed by atoms with Gasteiger partial charge in [0.1, 0.15) is 16.4 Å².